The number of hydrogen-bond donors (Lipinski definition) is 2. The van der Waals surface area contributed by atoms with Crippen LogP contribution in [0.2, 0.25) is 0 Å². The summed E-state index contributed by atoms with van der Waals surface area (Å²) in [4.78, 5) is 22.3. The second kappa shape index (κ2) is 7.98. The van der Waals surface area contributed by atoms with Crippen LogP contribution in [0.3, 0.4) is 0 Å². The van der Waals surface area contributed by atoms with Gasteiger partial charge in [-0.25, -0.2) is 13.2 Å². The quantitative estimate of drug-likeness (QED) is 0.696. The van der Waals surface area contributed by atoms with Gasteiger partial charge in [0, 0.05) is 18.2 Å². The van der Waals surface area contributed by atoms with Gasteiger partial charge in [-0.1, -0.05) is 0 Å². The maximum atomic E-state index is 14.1. The first-order chi connectivity index (χ1) is 12.2. The van der Waals surface area contributed by atoms with Crippen molar-refractivity contribution in [2.24, 2.45) is 0 Å². The number of carbonyl (C=O) groups excluding carboxylic acids is 1. The molecule has 7 nitrogen and oxygen atoms in total. The minimum atomic E-state index is -1.85. The maximum absolute atomic E-state index is 14.1. The average molecular weight is 369 g/mol. The molecule has 0 spiro atoms. The number of amides is 1. The predicted octanol–water partition coefficient (Wildman–Crippen LogP) is 2.80. The number of benzene rings is 1. The molecule has 0 aliphatic heterocycles. The molecule has 10 heteroatoms. The molecule has 1 unspecified atom stereocenters. The van der Waals surface area contributed by atoms with E-state index >= 15 is 0 Å². The normalized spacial score (nSPS) is 12.4. The minimum absolute atomic E-state index is 0.0200. The van der Waals surface area contributed by atoms with Crippen molar-refractivity contribution in [1.29, 1.82) is 0 Å². The second-order valence-corrected chi connectivity index (χ2v) is 6.00. The van der Waals surface area contributed by atoms with E-state index in [9.17, 15) is 18.0 Å². The van der Waals surface area contributed by atoms with Gasteiger partial charge in [-0.3, -0.25) is 10.1 Å². The summed E-state index contributed by atoms with van der Waals surface area (Å²) >= 11 is 0. The zero-order valence-corrected chi connectivity index (χ0v) is 14.4. The van der Waals surface area contributed by atoms with E-state index < -0.39 is 23.3 Å². The molecule has 0 saturated carbocycles. The van der Waals surface area contributed by atoms with Gasteiger partial charge in [0.15, 0.2) is 11.5 Å². The number of halogens is 3. The van der Waals surface area contributed by atoms with Gasteiger partial charge >= 0.3 is 0 Å². The van der Waals surface area contributed by atoms with Crippen LogP contribution in [-0.2, 0) is 10.5 Å². The predicted molar refractivity (Wildman–Crippen MR) is 88.6 cm³/mol. The number of alkyl halides is 1. The van der Waals surface area contributed by atoms with Crippen molar-refractivity contribution < 1.29 is 22.7 Å². The topological polar surface area (TPSA) is 89.0 Å². The summed E-state index contributed by atoms with van der Waals surface area (Å²) < 4.78 is 45.7. The third-order valence-corrected chi connectivity index (χ3v) is 3.07. The van der Waals surface area contributed by atoms with Gasteiger partial charge in [-0.05, 0) is 20.8 Å². The fourth-order valence-electron chi connectivity index (χ4n) is 1.92. The fraction of sp³-hybridized carbons (Fsp3) is 0.375. The molecule has 0 fully saturated rings. The highest BCUT2D eigenvalue weighted by molar-refractivity contribution is 5.67. The zero-order chi connectivity index (χ0) is 19.3. The van der Waals surface area contributed by atoms with Gasteiger partial charge in [-0.2, -0.15) is 15.0 Å². The Labute approximate surface area is 148 Å². The molecule has 1 heterocycles. The third-order valence-electron chi connectivity index (χ3n) is 3.07. The number of nitrogens with zero attached hydrogens (tertiary/aromatic N) is 3. The largest absolute Gasteiger partial charge is 0.491 e. The van der Waals surface area contributed by atoms with Gasteiger partial charge in [0.05, 0.1) is 6.04 Å². The number of ether oxygens (including phenoxy) is 1. The van der Waals surface area contributed by atoms with E-state index in [1.807, 2.05) is 0 Å². The van der Waals surface area contributed by atoms with E-state index in [1.165, 1.54) is 13.8 Å². The summed E-state index contributed by atoms with van der Waals surface area (Å²) in [7, 11) is 0. The Kier molecular flexibility index (Phi) is 5.96. The summed E-state index contributed by atoms with van der Waals surface area (Å²) in [5.74, 6) is -1.74. The molecule has 1 aromatic heterocycles. The van der Waals surface area contributed by atoms with Crippen molar-refractivity contribution in [3.8, 4) is 5.75 Å². The summed E-state index contributed by atoms with van der Waals surface area (Å²) in [6.07, 6.45) is 0.360. The summed E-state index contributed by atoms with van der Waals surface area (Å²) in [6, 6.07) is 2.44. The number of nitrogens with one attached hydrogen (secondary N) is 2. The lowest BCUT2D eigenvalue weighted by Gasteiger charge is -2.18. The molecule has 0 saturated heterocycles. The third kappa shape index (κ3) is 5.57. The van der Waals surface area contributed by atoms with E-state index in [0.717, 1.165) is 18.2 Å². The van der Waals surface area contributed by atoms with E-state index in [0.29, 0.717) is 6.41 Å². The molecule has 2 rings (SSSR count). The van der Waals surface area contributed by atoms with Crippen LogP contribution in [0.4, 0.5) is 25.1 Å². The van der Waals surface area contributed by atoms with Crippen molar-refractivity contribution in [1.82, 2.24) is 15.0 Å². The highest BCUT2D eigenvalue weighted by atomic mass is 19.1. The molecule has 1 amide bonds. The van der Waals surface area contributed by atoms with Crippen molar-refractivity contribution >= 4 is 18.3 Å². The van der Waals surface area contributed by atoms with Gasteiger partial charge < -0.3 is 10.1 Å². The van der Waals surface area contributed by atoms with E-state index in [4.69, 9.17) is 4.74 Å². The lowest BCUT2D eigenvalue weighted by atomic mass is 10.1. The lowest BCUT2D eigenvalue weighted by molar-refractivity contribution is -0.105. The van der Waals surface area contributed by atoms with Crippen LogP contribution < -0.4 is 15.4 Å². The van der Waals surface area contributed by atoms with E-state index in [-0.39, 0.29) is 30.1 Å². The maximum Gasteiger partial charge on any atom is 0.234 e. The van der Waals surface area contributed by atoms with Crippen molar-refractivity contribution in [2.45, 2.75) is 32.5 Å². The number of carbonyl (C=O) groups is 1. The Morgan fingerprint density at radius 1 is 1.15 bits per heavy atom. The van der Waals surface area contributed by atoms with Crippen LogP contribution in [0.15, 0.2) is 18.2 Å². The smallest absolute Gasteiger partial charge is 0.234 e. The Bertz CT molecular complexity index is 763. The molecule has 0 radical (unpaired) electrons. The number of hydrogen-bond acceptors (Lipinski definition) is 6. The first-order valence-corrected chi connectivity index (χ1v) is 7.68. The van der Waals surface area contributed by atoms with E-state index in [2.05, 4.69) is 25.6 Å². The van der Waals surface area contributed by atoms with Crippen LogP contribution in [0, 0.1) is 11.6 Å². The summed E-state index contributed by atoms with van der Waals surface area (Å²) in [5.41, 5.74) is -1.85. The first kappa shape index (κ1) is 19.4. The van der Waals surface area contributed by atoms with Crippen LogP contribution in [0.5, 0.6) is 5.75 Å². The Hall–Kier alpha value is -2.91. The summed E-state index contributed by atoms with van der Waals surface area (Å²) in [6.45, 7) is 4.26. The Morgan fingerprint density at radius 2 is 1.77 bits per heavy atom. The van der Waals surface area contributed by atoms with E-state index in [1.54, 1.807) is 6.92 Å². The zero-order valence-electron chi connectivity index (χ0n) is 14.4. The van der Waals surface area contributed by atoms with Gasteiger partial charge in [0.2, 0.25) is 18.3 Å². The molecule has 0 aliphatic rings. The van der Waals surface area contributed by atoms with Gasteiger partial charge in [-0.15, -0.1) is 0 Å². The standard InChI is InChI=1S/C16H18F3N5O2/c1-9(7-26-12-5-10(17)4-11(18)6-12)21-15-23-13(16(2,3)19)22-14(24-15)20-8-25/h4-6,8-9H,7H2,1-3H3,(H2,20,21,22,23,24,25). The summed E-state index contributed by atoms with van der Waals surface area (Å²) in [5, 5.41) is 5.10. The van der Waals surface area contributed by atoms with Gasteiger partial charge in [0.1, 0.15) is 24.0 Å². The number of aromatic nitrogens is 3. The highest BCUT2D eigenvalue weighted by Crippen LogP contribution is 2.23. The molecular weight excluding hydrogens is 351 g/mol. The monoisotopic (exact) mass is 369 g/mol. The van der Waals surface area contributed by atoms with Gasteiger partial charge in [0.25, 0.3) is 0 Å². The highest BCUT2D eigenvalue weighted by Gasteiger charge is 2.25. The molecule has 2 aromatic rings. The van der Waals surface area contributed by atoms with Crippen LogP contribution >= 0.6 is 0 Å². The number of rotatable bonds is 8. The van der Waals surface area contributed by atoms with Crippen LogP contribution in [0.25, 0.3) is 0 Å². The van der Waals surface area contributed by atoms with Crippen molar-refractivity contribution in [3.05, 3.63) is 35.7 Å². The van der Waals surface area contributed by atoms with Crippen molar-refractivity contribution in [3.63, 3.8) is 0 Å². The van der Waals surface area contributed by atoms with Crippen LogP contribution in [-0.4, -0.2) is 34.0 Å². The average Bonchev–Trinajstić information content (AvgIpc) is 2.51. The SMILES string of the molecule is CC(COc1cc(F)cc(F)c1)Nc1nc(NC=O)nc(C(C)(C)F)n1. The Morgan fingerprint density at radius 3 is 2.35 bits per heavy atom. The molecule has 1 atom stereocenters. The molecule has 1 aromatic carbocycles. The minimum Gasteiger partial charge on any atom is -0.491 e. The van der Waals surface area contributed by atoms with Crippen molar-refractivity contribution in [2.75, 3.05) is 17.2 Å². The first-order valence-electron chi connectivity index (χ1n) is 7.68. The molecular formula is C16H18F3N5O2. The second-order valence-electron chi connectivity index (χ2n) is 6.00. The molecule has 0 bridgehead atoms. The fourth-order valence-corrected chi connectivity index (χ4v) is 1.92. The molecule has 0 aliphatic carbocycles. The van der Waals surface area contributed by atoms with Crippen LogP contribution in [0.1, 0.15) is 26.6 Å². The molecule has 2 N–H and O–H groups in total. The Balaban J connectivity index is 2.08. The lowest BCUT2D eigenvalue weighted by Crippen LogP contribution is -2.26. The molecule has 26 heavy (non-hydrogen) atoms. The molecule has 140 valence electrons. The number of anilines is 2.